The minimum Gasteiger partial charge on any atom is -0.507 e. The fraction of sp³-hybridized carbons (Fsp3) is 0.111. The Labute approximate surface area is 138 Å². The van der Waals surface area contributed by atoms with Gasteiger partial charge in [0.2, 0.25) is 0 Å². The maximum Gasteiger partial charge on any atom is 0.298 e. The molecule has 1 fully saturated rings. The number of hydrogen-bond acceptors (Lipinski definition) is 4. The summed E-state index contributed by atoms with van der Waals surface area (Å²) in [7, 11) is 0. The molecule has 0 atom stereocenters. The molecule has 5 heteroatoms. The molecule has 4 nitrogen and oxygen atoms in total. The lowest BCUT2D eigenvalue weighted by Crippen LogP contribution is -2.28. The Balaban J connectivity index is 2.01. The van der Waals surface area contributed by atoms with E-state index in [1.54, 1.807) is 36.4 Å². The Kier molecular flexibility index (Phi) is 3.96. The van der Waals surface area contributed by atoms with Crippen LogP contribution < -0.4 is 4.90 Å². The lowest BCUT2D eigenvalue weighted by molar-refractivity contribution is -0.113. The number of phenols is 1. The standard InChI is InChI=1S/C18H15NO3S/c1-11-6-5-8-14(12(11)2)19-17(21)16(23-18(19)22)10-13-7-3-4-9-15(13)20/h3-10,20H,1-2H3/b16-10-. The number of thioether (sulfide) groups is 1. The normalized spacial score (nSPS) is 16.4. The molecule has 0 radical (unpaired) electrons. The van der Waals surface area contributed by atoms with E-state index in [1.165, 1.54) is 4.90 Å². The quantitative estimate of drug-likeness (QED) is 0.839. The van der Waals surface area contributed by atoms with Crippen molar-refractivity contribution in [2.24, 2.45) is 0 Å². The van der Waals surface area contributed by atoms with Crippen LogP contribution in [0.15, 0.2) is 47.4 Å². The smallest absolute Gasteiger partial charge is 0.298 e. The van der Waals surface area contributed by atoms with Gasteiger partial charge in [-0.05, 0) is 54.9 Å². The van der Waals surface area contributed by atoms with Gasteiger partial charge in [-0.2, -0.15) is 0 Å². The van der Waals surface area contributed by atoms with Gasteiger partial charge >= 0.3 is 0 Å². The Morgan fingerprint density at radius 1 is 1.04 bits per heavy atom. The molecule has 1 saturated heterocycles. The summed E-state index contributed by atoms with van der Waals surface area (Å²) in [6, 6.07) is 12.2. The van der Waals surface area contributed by atoms with E-state index < -0.39 is 0 Å². The van der Waals surface area contributed by atoms with Crippen LogP contribution in [0.25, 0.3) is 6.08 Å². The van der Waals surface area contributed by atoms with E-state index in [0.717, 1.165) is 22.9 Å². The molecule has 0 saturated carbocycles. The van der Waals surface area contributed by atoms with Crippen LogP contribution in [0.1, 0.15) is 16.7 Å². The second kappa shape index (κ2) is 5.93. The molecule has 1 aliphatic rings. The number of aromatic hydroxyl groups is 1. The van der Waals surface area contributed by atoms with E-state index in [9.17, 15) is 14.7 Å². The molecule has 116 valence electrons. The van der Waals surface area contributed by atoms with Crippen molar-refractivity contribution in [2.45, 2.75) is 13.8 Å². The summed E-state index contributed by atoms with van der Waals surface area (Å²) in [6.45, 7) is 3.83. The largest absolute Gasteiger partial charge is 0.507 e. The molecule has 1 N–H and O–H groups in total. The first kappa shape index (κ1) is 15.4. The summed E-state index contributed by atoms with van der Waals surface area (Å²) < 4.78 is 0. The second-order valence-corrected chi connectivity index (χ2v) is 6.29. The lowest BCUT2D eigenvalue weighted by Gasteiger charge is -2.16. The first-order valence-electron chi connectivity index (χ1n) is 7.11. The molecule has 2 aromatic rings. The molecule has 0 bridgehead atoms. The number of amides is 2. The van der Waals surface area contributed by atoms with Crippen LogP contribution in [0, 0.1) is 13.8 Å². The fourth-order valence-electron chi connectivity index (χ4n) is 2.40. The average molecular weight is 325 g/mol. The average Bonchev–Trinajstić information content (AvgIpc) is 2.79. The highest BCUT2D eigenvalue weighted by molar-refractivity contribution is 8.19. The van der Waals surface area contributed by atoms with Gasteiger partial charge in [-0.15, -0.1) is 0 Å². The van der Waals surface area contributed by atoms with E-state index in [-0.39, 0.29) is 16.9 Å². The highest BCUT2D eigenvalue weighted by Crippen LogP contribution is 2.38. The third-order valence-corrected chi connectivity index (χ3v) is 4.70. The van der Waals surface area contributed by atoms with Crippen LogP contribution in [0.3, 0.4) is 0 Å². The Hall–Kier alpha value is -2.53. The number of imide groups is 1. The number of phenolic OH excluding ortho intramolecular Hbond substituents is 1. The molecule has 1 aliphatic heterocycles. The summed E-state index contributed by atoms with van der Waals surface area (Å²) in [5, 5.41) is 9.49. The van der Waals surface area contributed by atoms with Crippen LogP contribution in [0.5, 0.6) is 5.75 Å². The van der Waals surface area contributed by atoms with E-state index >= 15 is 0 Å². The number of benzene rings is 2. The van der Waals surface area contributed by atoms with Crippen molar-refractivity contribution in [3.63, 3.8) is 0 Å². The number of para-hydroxylation sites is 1. The number of carbonyl (C=O) groups excluding carboxylic acids is 2. The van der Waals surface area contributed by atoms with Gasteiger partial charge in [0.1, 0.15) is 5.75 Å². The molecule has 0 aliphatic carbocycles. The summed E-state index contributed by atoms with van der Waals surface area (Å²) >= 11 is 0.882. The molecule has 2 amide bonds. The lowest BCUT2D eigenvalue weighted by atomic mass is 10.1. The number of rotatable bonds is 2. The monoisotopic (exact) mass is 325 g/mol. The zero-order valence-corrected chi connectivity index (χ0v) is 13.6. The van der Waals surface area contributed by atoms with Gasteiger partial charge in [0.05, 0.1) is 10.6 Å². The van der Waals surface area contributed by atoms with Crippen LogP contribution >= 0.6 is 11.8 Å². The van der Waals surface area contributed by atoms with E-state index in [4.69, 9.17) is 0 Å². The van der Waals surface area contributed by atoms with Gasteiger partial charge in [-0.25, -0.2) is 4.90 Å². The van der Waals surface area contributed by atoms with Gasteiger partial charge in [-0.1, -0.05) is 30.3 Å². The first-order chi connectivity index (χ1) is 11.0. The minimum atomic E-state index is -0.364. The van der Waals surface area contributed by atoms with Crippen molar-refractivity contribution >= 4 is 34.7 Å². The van der Waals surface area contributed by atoms with Gasteiger partial charge in [0, 0.05) is 5.56 Å². The van der Waals surface area contributed by atoms with Gasteiger partial charge in [-0.3, -0.25) is 9.59 Å². The molecule has 3 rings (SSSR count). The fourth-order valence-corrected chi connectivity index (χ4v) is 3.23. The molecule has 1 heterocycles. The second-order valence-electron chi connectivity index (χ2n) is 5.29. The summed E-state index contributed by atoms with van der Waals surface area (Å²) in [5.41, 5.74) is 3.04. The van der Waals surface area contributed by atoms with Gasteiger partial charge in [0.25, 0.3) is 11.1 Å². The number of hydrogen-bond donors (Lipinski definition) is 1. The molecule has 0 aromatic heterocycles. The van der Waals surface area contributed by atoms with Crippen molar-refractivity contribution in [2.75, 3.05) is 4.90 Å². The van der Waals surface area contributed by atoms with E-state index in [0.29, 0.717) is 16.2 Å². The van der Waals surface area contributed by atoms with E-state index in [2.05, 4.69) is 0 Å². The predicted molar refractivity (Wildman–Crippen MR) is 92.5 cm³/mol. The minimum absolute atomic E-state index is 0.0750. The van der Waals surface area contributed by atoms with Crippen LogP contribution in [0.2, 0.25) is 0 Å². The summed E-state index contributed by atoms with van der Waals surface area (Å²) in [6.07, 6.45) is 1.55. The molecule has 23 heavy (non-hydrogen) atoms. The number of carbonyl (C=O) groups is 2. The van der Waals surface area contributed by atoms with Crippen molar-refractivity contribution in [3.8, 4) is 5.75 Å². The Morgan fingerprint density at radius 3 is 2.52 bits per heavy atom. The maximum atomic E-state index is 12.6. The van der Waals surface area contributed by atoms with E-state index in [1.807, 2.05) is 26.0 Å². The Bertz CT molecular complexity index is 842. The molecule has 0 unspecified atom stereocenters. The van der Waals surface area contributed by atoms with Gasteiger partial charge < -0.3 is 5.11 Å². The van der Waals surface area contributed by atoms with Crippen LogP contribution in [-0.4, -0.2) is 16.3 Å². The summed E-state index contributed by atoms with van der Waals surface area (Å²) in [4.78, 5) is 26.4. The third kappa shape index (κ3) is 2.75. The van der Waals surface area contributed by atoms with Gasteiger partial charge in [0.15, 0.2) is 0 Å². The zero-order valence-electron chi connectivity index (χ0n) is 12.7. The molecule has 2 aromatic carbocycles. The molecular weight excluding hydrogens is 310 g/mol. The Morgan fingerprint density at radius 2 is 1.78 bits per heavy atom. The number of anilines is 1. The molecule has 0 spiro atoms. The third-order valence-electron chi connectivity index (χ3n) is 3.83. The van der Waals surface area contributed by atoms with Crippen molar-refractivity contribution in [3.05, 3.63) is 64.1 Å². The number of nitrogens with zero attached hydrogens (tertiary/aromatic N) is 1. The highest BCUT2D eigenvalue weighted by atomic mass is 32.2. The maximum absolute atomic E-state index is 12.6. The summed E-state index contributed by atoms with van der Waals surface area (Å²) in [5.74, 6) is -0.289. The van der Waals surface area contributed by atoms with Crippen LogP contribution in [-0.2, 0) is 4.79 Å². The van der Waals surface area contributed by atoms with Crippen molar-refractivity contribution in [1.29, 1.82) is 0 Å². The topological polar surface area (TPSA) is 57.6 Å². The van der Waals surface area contributed by atoms with Crippen molar-refractivity contribution < 1.29 is 14.7 Å². The van der Waals surface area contributed by atoms with Crippen molar-refractivity contribution in [1.82, 2.24) is 0 Å². The SMILES string of the molecule is Cc1cccc(N2C(=O)S/C(=C\c3ccccc3O)C2=O)c1C. The highest BCUT2D eigenvalue weighted by Gasteiger charge is 2.37. The van der Waals surface area contributed by atoms with Crippen LogP contribution in [0.4, 0.5) is 10.5 Å². The predicted octanol–water partition coefficient (Wildman–Crippen LogP) is 4.25. The zero-order chi connectivity index (χ0) is 16.6. The first-order valence-corrected chi connectivity index (χ1v) is 7.93. The molecular formula is C18H15NO3S. The number of aryl methyl sites for hydroxylation is 1.